The normalized spacial score (nSPS) is 21.0. The summed E-state index contributed by atoms with van der Waals surface area (Å²) in [4.78, 5) is 6.79. The van der Waals surface area contributed by atoms with Crippen molar-refractivity contribution in [1.29, 1.82) is 0 Å². The molecule has 2 N–H and O–H groups in total. The molecule has 0 amide bonds. The van der Waals surface area contributed by atoms with E-state index in [-0.39, 0.29) is 17.8 Å². The van der Waals surface area contributed by atoms with Gasteiger partial charge in [-0.1, -0.05) is 25.9 Å². The summed E-state index contributed by atoms with van der Waals surface area (Å²) in [7, 11) is 0. The highest BCUT2D eigenvalue weighted by Gasteiger charge is 2.25. The van der Waals surface area contributed by atoms with Gasteiger partial charge in [-0.3, -0.25) is 4.90 Å². The Bertz CT molecular complexity index is 374. The summed E-state index contributed by atoms with van der Waals surface area (Å²) in [5.41, 5.74) is 5.60. The third-order valence-electron chi connectivity index (χ3n) is 3.18. The van der Waals surface area contributed by atoms with Gasteiger partial charge in [0.2, 0.25) is 5.89 Å². The fraction of sp³-hybridized carbons (Fsp3) is 0.833. The van der Waals surface area contributed by atoms with Gasteiger partial charge in [0.25, 0.3) is 0 Å². The molecule has 5 nitrogen and oxygen atoms in total. The number of rotatable bonds is 3. The minimum absolute atomic E-state index is 0. The number of likely N-dealkylation sites (tertiary alicyclic amines) is 1. The van der Waals surface area contributed by atoms with E-state index in [4.69, 9.17) is 10.3 Å². The highest BCUT2D eigenvalue weighted by atomic mass is 35.5. The van der Waals surface area contributed by atoms with Crippen LogP contribution in [0.1, 0.15) is 38.9 Å². The average Bonchev–Trinajstić information content (AvgIpc) is 2.86. The molecule has 0 aromatic carbocycles. The van der Waals surface area contributed by atoms with E-state index < -0.39 is 0 Å². The highest BCUT2D eigenvalue weighted by Crippen LogP contribution is 2.21. The van der Waals surface area contributed by atoms with Crippen molar-refractivity contribution in [2.75, 3.05) is 19.6 Å². The molecule has 0 saturated carbocycles. The van der Waals surface area contributed by atoms with Crippen LogP contribution in [0.4, 0.5) is 0 Å². The molecular formula is C12H23ClN4O. The van der Waals surface area contributed by atoms with Crippen molar-refractivity contribution in [2.24, 2.45) is 11.7 Å². The molecule has 2 rings (SSSR count). The molecular weight excluding hydrogens is 252 g/mol. The van der Waals surface area contributed by atoms with Gasteiger partial charge in [-0.2, -0.15) is 4.98 Å². The smallest absolute Gasteiger partial charge is 0.232 e. The molecule has 1 atom stereocenters. The topological polar surface area (TPSA) is 68.2 Å². The zero-order valence-corrected chi connectivity index (χ0v) is 12.2. The minimum Gasteiger partial charge on any atom is -0.339 e. The molecule has 6 heteroatoms. The number of halogens is 1. The average molecular weight is 275 g/mol. The van der Waals surface area contributed by atoms with Gasteiger partial charge in [-0.05, 0) is 25.4 Å². The molecule has 1 aromatic rings. The van der Waals surface area contributed by atoms with Crippen LogP contribution in [0.25, 0.3) is 0 Å². The van der Waals surface area contributed by atoms with E-state index >= 15 is 0 Å². The predicted octanol–water partition coefficient (Wildman–Crippen LogP) is 1.57. The molecule has 1 fully saturated rings. The number of hydrogen-bond acceptors (Lipinski definition) is 5. The fourth-order valence-corrected chi connectivity index (χ4v) is 2.07. The first-order valence-electron chi connectivity index (χ1n) is 6.24. The summed E-state index contributed by atoms with van der Waals surface area (Å²) in [5.74, 6) is 2.12. The molecule has 1 aliphatic heterocycles. The van der Waals surface area contributed by atoms with Crippen LogP contribution in [-0.2, 0) is 12.0 Å². The first kappa shape index (κ1) is 15.4. The van der Waals surface area contributed by atoms with E-state index in [1.807, 2.05) is 0 Å². The van der Waals surface area contributed by atoms with Crippen LogP contribution in [0.15, 0.2) is 4.52 Å². The maximum Gasteiger partial charge on any atom is 0.232 e. The number of nitrogens with zero attached hydrogens (tertiary/aromatic N) is 3. The van der Waals surface area contributed by atoms with Crippen LogP contribution in [0.5, 0.6) is 0 Å². The monoisotopic (exact) mass is 274 g/mol. The summed E-state index contributed by atoms with van der Waals surface area (Å²) in [6.07, 6.45) is 1.18. The second-order valence-corrected chi connectivity index (χ2v) is 5.89. The summed E-state index contributed by atoms with van der Waals surface area (Å²) in [5, 5.41) is 4.04. The third-order valence-corrected chi connectivity index (χ3v) is 3.18. The zero-order valence-electron chi connectivity index (χ0n) is 11.3. The van der Waals surface area contributed by atoms with Crippen molar-refractivity contribution in [3.05, 3.63) is 11.7 Å². The molecule has 1 unspecified atom stereocenters. The molecule has 18 heavy (non-hydrogen) atoms. The third kappa shape index (κ3) is 3.67. The van der Waals surface area contributed by atoms with Crippen molar-refractivity contribution < 1.29 is 4.52 Å². The Morgan fingerprint density at radius 2 is 2.17 bits per heavy atom. The van der Waals surface area contributed by atoms with Crippen LogP contribution < -0.4 is 5.73 Å². The van der Waals surface area contributed by atoms with E-state index in [1.165, 1.54) is 6.42 Å². The van der Waals surface area contributed by atoms with Crippen molar-refractivity contribution in [3.63, 3.8) is 0 Å². The lowest BCUT2D eigenvalue weighted by Gasteiger charge is -2.13. The van der Waals surface area contributed by atoms with Gasteiger partial charge in [0.1, 0.15) is 0 Å². The maximum atomic E-state index is 5.67. The molecule has 0 spiro atoms. The van der Waals surface area contributed by atoms with Gasteiger partial charge >= 0.3 is 0 Å². The Morgan fingerprint density at radius 1 is 1.44 bits per heavy atom. The highest BCUT2D eigenvalue weighted by molar-refractivity contribution is 5.85. The number of aromatic nitrogens is 2. The largest absolute Gasteiger partial charge is 0.339 e. The van der Waals surface area contributed by atoms with Crippen molar-refractivity contribution >= 4 is 12.4 Å². The summed E-state index contributed by atoms with van der Waals surface area (Å²) in [6.45, 7) is 9.91. The van der Waals surface area contributed by atoms with Crippen LogP contribution in [0.2, 0.25) is 0 Å². The molecule has 0 radical (unpaired) electrons. The summed E-state index contributed by atoms with van der Waals surface area (Å²) in [6, 6.07) is 0. The molecule has 0 bridgehead atoms. The Hall–Kier alpha value is -0.650. The van der Waals surface area contributed by atoms with Crippen molar-refractivity contribution in [2.45, 2.75) is 39.2 Å². The lowest BCUT2D eigenvalue weighted by Crippen LogP contribution is -2.23. The maximum absolute atomic E-state index is 5.67. The molecule has 1 aromatic heterocycles. The standard InChI is InChI=1S/C12H22N4O.ClH/c1-12(2,3)11-14-10(15-17-11)8-16-5-4-9(6-13)7-16;/h9H,4-8,13H2,1-3H3;1H. The lowest BCUT2D eigenvalue weighted by atomic mass is 9.97. The quantitative estimate of drug-likeness (QED) is 0.906. The van der Waals surface area contributed by atoms with Gasteiger partial charge in [-0.25, -0.2) is 0 Å². The van der Waals surface area contributed by atoms with Gasteiger partial charge in [0.05, 0.1) is 6.54 Å². The fourth-order valence-electron chi connectivity index (χ4n) is 2.07. The van der Waals surface area contributed by atoms with Gasteiger partial charge in [0, 0.05) is 12.0 Å². The number of hydrogen-bond donors (Lipinski definition) is 1. The van der Waals surface area contributed by atoms with Crippen molar-refractivity contribution in [3.8, 4) is 0 Å². The Kier molecular flexibility index (Phi) is 5.13. The minimum atomic E-state index is -0.0734. The van der Waals surface area contributed by atoms with Crippen LogP contribution in [0, 0.1) is 5.92 Å². The van der Waals surface area contributed by atoms with E-state index in [2.05, 4.69) is 35.8 Å². The second-order valence-electron chi connectivity index (χ2n) is 5.89. The first-order valence-corrected chi connectivity index (χ1v) is 6.24. The van der Waals surface area contributed by atoms with Crippen LogP contribution >= 0.6 is 12.4 Å². The van der Waals surface area contributed by atoms with Gasteiger partial charge in [-0.15, -0.1) is 12.4 Å². The van der Waals surface area contributed by atoms with Crippen LogP contribution in [0.3, 0.4) is 0 Å². The Balaban J connectivity index is 0.00000162. The Labute approximate surface area is 115 Å². The molecule has 1 aliphatic rings. The number of nitrogens with two attached hydrogens (primary N) is 1. The predicted molar refractivity (Wildman–Crippen MR) is 72.7 cm³/mol. The first-order chi connectivity index (χ1) is 7.99. The Morgan fingerprint density at radius 3 is 2.67 bits per heavy atom. The van der Waals surface area contributed by atoms with E-state index in [9.17, 15) is 0 Å². The molecule has 1 saturated heterocycles. The molecule has 2 heterocycles. The van der Waals surface area contributed by atoms with E-state index in [0.717, 1.165) is 32.0 Å². The summed E-state index contributed by atoms with van der Waals surface area (Å²) >= 11 is 0. The lowest BCUT2D eigenvalue weighted by molar-refractivity contribution is 0.292. The zero-order chi connectivity index (χ0) is 12.5. The van der Waals surface area contributed by atoms with E-state index in [0.29, 0.717) is 11.8 Å². The van der Waals surface area contributed by atoms with Crippen LogP contribution in [-0.4, -0.2) is 34.7 Å². The summed E-state index contributed by atoms with van der Waals surface area (Å²) < 4.78 is 5.28. The molecule has 0 aliphatic carbocycles. The molecule has 104 valence electrons. The SMILES string of the molecule is CC(C)(C)c1nc(CN2CCC(CN)C2)no1.Cl. The van der Waals surface area contributed by atoms with Crippen molar-refractivity contribution in [1.82, 2.24) is 15.0 Å². The van der Waals surface area contributed by atoms with Gasteiger partial charge in [0.15, 0.2) is 5.82 Å². The van der Waals surface area contributed by atoms with Gasteiger partial charge < -0.3 is 10.3 Å². The second kappa shape index (κ2) is 5.99. The van der Waals surface area contributed by atoms with E-state index in [1.54, 1.807) is 0 Å².